The van der Waals surface area contributed by atoms with Crippen molar-refractivity contribution in [3.63, 3.8) is 0 Å². The van der Waals surface area contributed by atoms with Gasteiger partial charge in [-0.3, -0.25) is 0 Å². The number of nitrogens with two attached hydrogens (primary N) is 1. The Bertz CT molecular complexity index is 605. The van der Waals surface area contributed by atoms with Crippen LogP contribution in [-0.4, -0.2) is 0 Å². The third-order valence-electron chi connectivity index (χ3n) is 2.51. The third kappa shape index (κ3) is 3.36. The number of hydrogen-bond donors (Lipinski definition) is 2. The van der Waals surface area contributed by atoms with E-state index in [4.69, 9.17) is 17.3 Å². The number of rotatable bonds is 3. The lowest BCUT2D eigenvalue weighted by Gasteiger charge is -2.14. The highest BCUT2D eigenvalue weighted by Crippen LogP contribution is 2.34. The fourth-order valence-electron chi connectivity index (χ4n) is 1.61. The van der Waals surface area contributed by atoms with Gasteiger partial charge in [-0.1, -0.05) is 11.6 Å². The minimum Gasteiger partial charge on any atom is -0.399 e. The van der Waals surface area contributed by atoms with E-state index in [0.717, 1.165) is 4.47 Å². The fourth-order valence-corrected chi connectivity index (χ4v) is 2.13. The van der Waals surface area contributed by atoms with Crippen LogP contribution in [0.4, 0.5) is 25.8 Å². The molecule has 0 aromatic heterocycles. The average molecular weight is 348 g/mol. The van der Waals surface area contributed by atoms with E-state index in [2.05, 4.69) is 21.2 Å². The van der Waals surface area contributed by atoms with Gasteiger partial charge in [0.15, 0.2) is 0 Å². The highest BCUT2D eigenvalue weighted by atomic mass is 79.9. The van der Waals surface area contributed by atoms with Crippen LogP contribution >= 0.6 is 27.5 Å². The van der Waals surface area contributed by atoms with Crippen molar-refractivity contribution < 1.29 is 8.78 Å². The minimum atomic E-state index is -2.61. The molecular weight excluding hydrogens is 338 g/mol. The Labute approximate surface area is 122 Å². The first-order valence-corrected chi connectivity index (χ1v) is 6.54. The summed E-state index contributed by atoms with van der Waals surface area (Å²) in [5.74, 6) is 0. The largest absolute Gasteiger partial charge is 0.399 e. The molecule has 0 saturated heterocycles. The summed E-state index contributed by atoms with van der Waals surface area (Å²) in [6, 6.07) is 9.43. The zero-order valence-electron chi connectivity index (χ0n) is 9.63. The molecule has 0 saturated carbocycles. The molecule has 2 rings (SSSR count). The van der Waals surface area contributed by atoms with E-state index in [0.29, 0.717) is 22.1 Å². The summed E-state index contributed by atoms with van der Waals surface area (Å²) < 4.78 is 26.6. The summed E-state index contributed by atoms with van der Waals surface area (Å²) >= 11 is 9.21. The van der Waals surface area contributed by atoms with Crippen molar-refractivity contribution in [2.75, 3.05) is 11.1 Å². The zero-order valence-corrected chi connectivity index (χ0v) is 12.0. The van der Waals surface area contributed by atoms with Crippen molar-refractivity contribution in [2.24, 2.45) is 0 Å². The number of nitrogen functional groups attached to an aromatic ring is 1. The lowest BCUT2D eigenvalue weighted by molar-refractivity contribution is 0.152. The SMILES string of the molecule is Nc1ccc(Nc2cc(Cl)ccc2Br)c(C(F)F)c1. The summed E-state index contributed by atoms with van der Waals surface area (Å²) in [5, 5.41) is 3.44. The Morgan fingerprint density at radius 3 is 2.53 bits per heavy atom. The standard InChI is InChI=1S/C13H10BrClF2N2/c14-10-3-1-7(15)5-12(10)19-11-4-2-8(18)6-9(11)13(16)17/h1-6,13,19H,18H2. The van der Waals surface area contributed by atoms with E-state index in [-0.39, 0.29) is 5.56 Å². The molecule has 0 fully saturated rings. The quantitative estimate of drug-likeness (QED) is 0.733. The maximum Gasteiger partial charge on any atom is 0.265 e. The highest BCUT2D eigenvalue weighted by molar-refractivity contribution is 9.10. The molecule has 6 heteroatoms. The first kappa shape index (κ1) is 14.1. The Hall–Kier alpha value is -1.33. The molecule has 0 bridgehead atoms. The number of hydrogen-bond acceptors (Lipinski definition) is 2. The summed E-state index contributed by atoms with van der Waals surface area (Å²) in [7, 11) is 0. The van der Waals surface area contributed by atoms with Crippen molar-refractivity contribution >= 4 is 44.6 Å². The molecule has 3 N–H and O–H groups in total. The Kier molecular flexibility index (Phi) is 4.27. The van der Waals surface area contributed by atoms with Crippen LogP contribution in [0.3, 0.4) is 0 Å². The van der Waals surface area contributed by atoms with Gasteiger partial charge in [-0.05, 0) is 52.3 Å². The van der Waals surface area contributed by atoms with Crippen molar-refractivity contribution in [1.82, 2.24) is 0 Å². The number of alkyl halides is 2. The molecule has 0 unspecified atom stereocenters. The predicted molar refractivity (Wildman–Crippen MR) is 78.2 cm³/mol. The van der Waals surface area contributed by atoms with Crippen LogP contribution in [0.1, 0.15) is 12.0 Å². The Morgan fingerprint density at radius 1 is 1.11 bits per heavy atom. The molecule has 2 nitrogen and oxygen atoms in total. The second-order valence-electron chi connectivity index (χ2n) is 3.90. The van der Waals surface area contributed by atoms with Crippen LogP contribution in [0.2, 0.25) is 5.02 Å². The van der Waals surface area contributed by atoms with Gasteiger partial charge in [-0.2, -0.15) is 0 Å². The lowest BCUT2D eigenvalue weighted by Crippen LogP contribution is -1.99. The van der Waals surface area contributed by atoms with E-state index < -0.39 is 6.43 Å². The molecule has 2 aromatic carbocycles. The smallest absolute Gasteiger partial charge is 0.265 e. The van der Waals surface area contributed by atoms with E-state index in [9.17, 15) is 8.78 Å². The van der Waals surface area contributed by atoms with E-state index in [1.807, 2.05) is 0 Å². The van der Waals surface area contributed by atoms with Gasteiger partial charge >= 0.3 is 0 Å². The Balaban J connectivity index is 2.40. The molecule has 0 spiro atoms. The van der Waals surface area contributed by atoms with Gasteiger partial charge in [-0.25, -0.2) is 8.78 Å². The lowest BCUT2D eigenvalue weighted by atomic mass is 10.1. The molecule has 0 amide bonds. The van der Waals surface area contributed by atoms with E-state index in [1.165, 1.54) is 12.1 Å². The Morgan fingerprint density at radius 2 is 1.84 bits per heavy atom. The number of nitrogens with one attached hydrogen (secondary N) is 1. The molecular formula is C13H10BrClF2N2. The number of anilines is 3. The third-order valence-corrected chi connectivity index (χ3v) is 3.44. The summed E-state index contributed by atoms with van der Waals surface area (Å²) in [4.78, 5) is 0. The molecule has 19 heavy (non-hydrogen) atoms. The molecule has 0 aliphatic heterocycles. The van der Waals surface area contributed by atoms with E-state index >= 15 is 0 Å². The van der Waals surface area contributed by atoms with Gasteiger partial charge in [0.05, 0.1) is 5.69 Å². The van der Waals surface area contributed by atoms with Crippen molar-refractivity contribution in [2.45, 2.75) is 6.43 Å². The number of benzene rings is 2. The van der Waals surface area contributed by atoms with Gasteiger partial charge in [0.1, 0.15) is 0 Å². The maximum absolute atomic E-state index is 13.0. The molecule has 0 aliphatic carbocycles. The maximum atomic E-state index is 13.0. The monoisotopic (exact) mass is 346 g/mol. The van der Waals surface area contributed by atoms with Crippen LogP contribution in [0, 0.1) is 0 Å². The number of halogens is 4. The highest BCUT2D eigenvalue weighted by Gasteiger charge is 2.14. The van der Waals surface area contributed by atoms with Gasteiger partial charge in [0.25, 0.3) is 6.43 Å². The fraction of sp³-hybridized carbons (Fsp3) is 0.0769. The van der Waals surface area contributed by atoms with Crippen LogP contribution in [-0.2, 0) is 0 Å². The van der Waals surface area contributed by atoms with Gasteiger partial charge in [0.2, 0.25) is 0 Å². The summed E-state index contributed by atoms with van der Waals surface area (Å²) in [6.07, 6.45) is -2.61. The molecule has 100 valence electrons. The van der Waals surface area contributed by atoms with Gasteiger partial charge in [0, 0.05) is 26.4 Å². The van der Waals surface area contributed by atoms with Crippen molar-refractivity contribution in [3.8, 4) is 0 Å². The predicted octanol–water partition coefficient (Wildman–Crippen LogP) is 5.37. The first-order chi connectivity index (χ1) is 8.97. The topological polar surface area (TPSA) is 38.0 Å². The normalized spacial score (nSPS) is 10.8. The molecule has 0 heterocycles. The second kappa shape index (κ2) is 5.75. The average Bonchev–Trinajstić information content (AvgIpc) is 2.35. The van der Waals surface area contributed by atoms with Crippen LogP contribution < -0.4 is 11.1 Å². The van der Waals surface area contributed by atoms with E-state index in [1.54, 1.807) is 24.3 Å². The van der Waals surface area contributed by atoms with Crippen LogP contribution in [0.15, 0.2) is 40.9 Å². The van der Waals surface area contributed by atoms with Gasteiger partial charge in [-0.15, -0.1) is 0 Å². The summed E-state index contributed by atoms with van der Waals surface area (Å²) in [5.41, 5.74) is 6.58. The zero-order chi connectivity index (χ0) is 14.0. The van der Waals surface area contributed by atoms with Crippen molar-refractivity contribution in [1.29, 1.82) is 0 Å². The molecule has 0 radical (unpaired) electrons. The second-order valence-corrected chi connectivity index (χ2v) is 5.19. The first-order valence-electron chi connectivity index (χ1n) is 5.37. The molecule has 0 atom stereocenters. The van der Waals surface area contributed by atoms with Crippen molar-refractivity contribution in [3.05, 3.63) is 51.5 Å². The van der Waals surface area contributed by atoms with Gasteiger partial charge < -0.3 is 11.1 Å². The summed E-state index contributed by atoms with van der Waals surface area (Å²) in [6.45, 7) is 0. The van der Waals surface area contributed by atoms with Crippen LogP contribution in [0.5, 0.6) is 0 Å². The van der Waals surface area contributed by atoms with Crippen LogP contribution in [0.25, 0.3) is 0 Å². The molecule has 0 aliphatic rings. The minimum absolute atomic E-state index is 0.146. The molecule has 2 aromatic rings.